The van der Waals surface area contributed by atoms with E-state index in [1.165, 1.54) is 6.07 Å². The molecule has 0 bridgehead atoms. The summed E-state index contributed by atoms with van der Waals surface area (Å²) in [5.41, 5.74) is 0.747. The molecule has 336 valence electrons. The van der Waals surface area contributed by atoms with Crippen LogP contribution in [0.3, 0.4) is 0 Å². The van der Waals surface area contributed by atoms with E-state index in [9.17, 15) is 33.6 Å². The van der Waals surface area contributed by atoms with Crippen molar-refractivity contribution in [1.29, 1.82) is 0 Å². The summed E-state index contributed by atoms with van der Waals surface area (Å²) in [6.45, 7) is 0.882. The fourth-order valence-corrected chi connectivity index (χ4v) is 11.1. The van der Waals surface area contributed by atoms with Gasteiger partial charge in [-0.05, 0) is 104 Å². The number of nitrogens with one attached hydrogen (secondary N) is 6. The van der Waals surface area contributed by atoms with Gasteiger partial charge in [0, 0.05) is 58.6 Å². The van der Waals surface area contributed by atoms with E-state index < -0.39 is 64.3 Å². The molecular formula is C48H46Cl2FN7O7. The van der Waals surface area contributed by atoms with Crippen LogP contribution in [0.4, 0.5) is 21.5 Å². The number of benzene rings is 4. The highest BCUT2D eigenvalue weighted by Crippen LogP contribution is 2.63. The number of hydrogen-bond acceptors (Lipinski definition) is 9. The van der Waals surface area contributed by atoms with Crippen LogP contribution in [0.25, 0.3) is 0 Å². The van der Waals surface area contributed by atoms with Crippen molar-refractivity contribution < 1.29 is 38.0 Å². The summed E-state index contributed by atoms with van der Waals surface area (Å²) < 4.78 is 16.2. The van der Waals surface area contributed by atoms with Crippen LogP contribution in [-0.2, 0) is 24.6 Å². The molecule has 4 aliphatic heterocycles. The number of carbonyl (C=O) groups is 7. The Hall–Kier alpha value is -6.16. The van der Waals surface area contributed by atoms with Crippen LogP contribution in [0.1, 0.15) is 112 Å². The monoisotopic (exact) mass is 921 g/mol. The van der Waals surface area contributed by atoms with Crippen LogP contribution in [0.5, 0.6) is 0 Å². The Bertz CT molecular complexity index is 2660. The summed E-state index contributed by atoms with van der Waals surface area (Å²) in [5, 5.41) is 18.3. The topological polar surface area (TPSA) is 195 Å². The Morgan fingerprint density at radius 2 is 1.58 bits per heavy atom. The molecule has 0 aromatic heterocycles. The minimum atomic E-state index is -1.37. The number of amides is 7. The molecule has 5 aliphatic rings. The second kappa shape index (κ2) is 17.7. The molecule has 9 rings (SSSR count). The number of rotatable bonds is 12. The molecule has 1 aliphatic carbocycles. The van der Waals surface area contributed by atoms with Crippen molar-refractivity contribution in [2.24, 2.45) is 0 Å². The summed E-state index contributed by atoms with van der Waals surface area (Å²) in [5.74, 6) is -5.04. The first-order chi connectivity index (χ1) is 31.3. The SMILES string of the molecule is O=C1CCC(N2C(=O)c3cccc(NCCCCCNC(=O)c4ccc(NC(=O)C5NC6(CCCCC6)C6(C(=O)Nc7cc(Cl)ccc76)C5c5cccc(Cl)c5F)cc4)c3C2=O)C(=O)N1. The first-order valence-corrected chi connectivity index (χ1v) is 22.7. The maximum absolute atomic E-state index is 16.2. The molecule has 4 aromatic carbocycles. The van der Waals surface area contributed by atoms with E-state index in [0.29, 0.717) is 72.0 Å². The van der Waals surface area contributed by atoms with Crippen LogP contribution in [0.15, 0.2) is 78.9 Å². The van der Waals surface area contributed by atoms with Crippen LogP contribution >= 0.6 is 23.2 Å². The molecule has 4 atom stereocenters. The number of halogens is 3. The maximum atomic E-state index is 16.2. The van der Waals surface area contributed by atoms with E-state index in [1.807, 2.05) is 0 Å². The quantitative estimate of drug-likeness (QED) is 0.0652. The van der Waals surface area contributed by atoms with Crippen molar-refractivity contribution in [3.05, 3.63) is 123 Å². The van der Waals surface area contributed by atoms with Gasteiger partial charge in [-0.3, -0.25) is 49.1 Å². The minimum Gasteiger partial charge on any atom is -0.384 e. The van der Waals surface area contributed by atoms with E-state index in [0.717, 1.165) is 30.6 Å². The zero-order chi connectivity index (χ0) is 45.6. The fraction of sp³-hybridized carbons (Fsp3) is 0.354. The molecule has 1 saturated carbocycles. The number of fused-ring (bicyclic) bond motifs is 4. The number of carbonyl (C=O) groups excluding carboxylic acids is 7. The van der Waals surface area contributed by atoms with E-state index in [1.54, 1.807) is 72.8 Å². The molecule has 14 nitrogen and oxygen atoms in total. The van der Waals surface area contributed by atoms with Crippen molar-refractivity contribution >= 4 is 81.6 Å². The third kappa shape index (κ3) is 7.62. The lowest BCUT2D eigenvalue weighted by Crippen LogP contribution is -2.60. The second-order valence-corrected chi connectivity index (χ2v) is 18.2. The molecule has 3 fully saturated rings. The molecule has 17 heteroatoms. The lowest BCUT2D eigenvalue weighted by Gasteiger charge is -2.47. The predicted octanol–water partition coefficient (Wildman–Crippen LogP) is 6.83. The van der Waals surface area contributed by atoms with Crippen molar-refractivity contribution in [3.63, 3.8) is 0 Å². The summed E-state index contributed by atoms with van der Waals surface area (Å²) in [6.07, 6.45) is 5.96. The zero-order valence-corrected chi connectivity index (χ0v) is 36.7. The largest absolute Gasteiger partial charge is 0.384 e. The maximum Gasteiger partial charge on any atom is 0.264 e. The minimum absolute atomic E-state index is 0.0383. The summed E-state index contributed by atoms with van der Waals surface area (Å²) in [7, 11) is 0. The van der Waals surface area contributed by atoms with Gasteiger partial charge in [0.05, 0.1) is 22.2 Å². The Balaban J connectivity index is 0.817. The predicted molar refractivity (Wildman–Crippen MR) is 242 cm³/mol. The number of piperidine rings is 1. The Labute approximate surface area is 383 Å². The van der Waals surface area contributed by atoms with Crippen LogP contribution < -0.4 is 31.9 Å². The first kappa shape index (κ1) is 44.1. The second-order valence-electron chi connectivity index (χ2n) is 17.3. The molecule has 6 N–H and O–H groups in total. The van der Waals surface area contributed by atoms with Gasteiger partial charge >= 0.3 is 0 Å². The van der Waals surface area contributed by atoms with Gasteiger partial charge in [0.15, 0.2) is 0 Å². The Morgan fingerprint density at radius 1 is 0.831 bits per heavy atom. The van der Waals surface area contributed by atoms with Gasteiger partial charge in [-0.25, -0.2) is 4.39 Å². The lowest BCUT2D eigenvalue weighted by atomic mass is 9.55. The average Bonchev–Trinajstić information content (AvgIpc) is 3.85. The van der Waals surface area contributed by atoms with Gasteiger partial charge in [-0.2, -0.15) is 0 Å². The molecule has 4 heterocycles. The van der Waals surface area contributed by atoms with Gasteiger partial charge in [-0.15, -0.1) is 0 Å². The van der Waals surface area contributed by atoms with E-state index in [-0.39, 0.29) is 46.4 Å². The van der Waals surface area contributed by atoms with Gasteiger partial charge in [0.25, 0.3) is 17.7 Å². The highest BCUT2D eigenvalue weighted by molar-refractivity contribution is 6.31. The first-order valence-electron chi connectivity index (χ1n) is 22.0. The third-order valence-corrected chi connectivity index (χ3v) is 14.2. The molecule has 7 amide bonds. The molecule has 65 heavy (non-hydrogen) atoms. The van der Waals surface area contributed by atoms with E-state index in [4.69, 9.17) is 23.2 Å². The summed E-state index contributed by atoms with van der Waals surface area (Å²) in [4.78, 5) is 93.8. The molecule has 2 spiro atoms. The van der Waals surface area contributed by atoms with E-state index >= 15 is 4.39 Å². The number of anilines is 3. The Morgan fingerprint density at radius 3 is 2.35 bits per heavy atom. The van der Waals surface area contributed by atoms with E-state index in [2.05, 4.69) is 31.9 Å². The summed E-state index contributed by atoms with van der Waals surface area (Å²) >= 11 is 12.8. The standard InChI is InChI=1S/C48H46Cl2FN7O7/c49-27-15-18-31-34(25-27)55-46(65)48(31)38(30-10-7-11-32(50)39(30)51)40(57-47(48)21-3-1-4-22-47)43(62)54-28-16-13-26(14-17-28)41(60)53-24-6-2-5-23-52-33-12-8-9-29-37(33)45(64)58(44(29)63)35-19-20-36(59)56-42(35)61/h7-18,25,35,38,40,52,57H,1-6,19-24H2,(H,53,60)(H,54,62)(H,55,65)(H,56,59,61). The van der Waals surface area contributed by atoms with Crippen molar-refractivity contribution in [2.75, 3.05) is 29.0 Å². The van der Waals surface area contributed by atoms with Gasteiger partial charge < -0.3 is 21.3 Å². The molecule has 0 radical (unpaired) electrons. The smallest absolute Gasteiger partial charge is 0.264 e. The fourth-order valence-electron chi connectivity index (χ4n) is 10.8. The zero-order valence-electron chi connectivity index (χ0n) is 35.2. The highest BCUT2D eigenvalue weighted by atomic mass is 35.5. The normalized spacial score (nSPS) is 23.0. The molecular weight excluding hydrogens is 876 g/mol. The highest BCUT2D eigenvalue weighted by Gasteiger charge is 2.72. The molecule has 4 aromatic rings. The van der Waals surface area contributed by atoms with Gasteiger partial charge in [-0.1, -0.05) is 66.7 Å². The molecule has 2 saturated heterocycles. The van der Waals surface area contributed by atoms with Crippen LogP contribution in [0, 0.1) is 5.82 Å². The number of unbranched alkanes of at least 4 members (excludes halogenated alkanes) is 2. The van der Waals surface area contributed by atoms with Crippen molar-refractivity contribution in [3.8, 4) is 0 Å². The molecule has 4 unspecified atom stereocenters. The average molecular weight is 923 g/mol. The number of imide groups is 2. The van der Waals surface area contributed by atoms with Gasteiger partial charge in [0.1, 0.15) is 17.3 Å². The number of hydrogen-bond donors (Lipinski definition) is 6. The third-order valence-electron chi connectivity index (χ3n) is 13.6. The summed E-state index contributed by atoms with van der Waals surface area (Å²) in [6, 6.07) is 19.1. The van der Waals surface area contributed by atoms with Crippen LogP contribution in [-0.4, -0.2) is 77.0 Å². The number of nitrogens with zero attached hydrogens (tertiary/aromatic N) is 1. The van der Waals surface area contributed by atoms with Crippen molar-refractivity contribution in [2.45, 2.75) is 93.2 Å². The lowest BCUT2D eigenvalue weighted by molar-refractivity contribution is -0.136. The van der Waals surface area contributed by atoms with Gasteiger partial charge in [0.2, 0.25) is 23.6 Å². The van der Waals surface area contributed by atoms with Crippen molar-refractivity contribution in [1.82, 2.24) is 20.9 Å². The van der Waals surface area contributed by atoms with Crippen LogP contribution in [0.2, 0.25) is 10.0 Å². The Kier molecular flexibility index (Phi) is 12.0.